The minimum Gasteiger partial charge on any atom is -0.465 e. The maximum atomic E-state index is 11.3. The van der Waals surface area contributed by atoms with Crippen LogP contribution in [0.15, 0.2) is 29.1 Å². The van der Waals surface area contributed by atoms with Crippen molar-refractivity contribution in [1.29, 1.82) is 0 Å². The number of hydrogen-bond acceptors (Lipinski definition) is 7. The molecule has 0 saturated carbocycles. The van der Waals surface area contributed by atoms with Crippen molar-refractivity contribution in [3.05, 3.63) is 36.0 Å². The molecule has 0 bridgehead atoms. The minimum atomic E-state index is -0.425. The van der Waals surface area contributed by atoms with Crippen LogP contribution in [0.3, 0.4) is 0 Å². The van der Waals surface area contributed by atoms with Crippen LogP contribution in [0.5, 0.6) is 0 Å². The van der Waals surface area contributed by atoms with E-state index in [2.05, 4.69) is 24.7 Å². The van der Waals surface area contributed by atoms with Gasteiger partial charge in [0.05, 0.1) is 30.6 Å². The molecule has 94 valence electrons. The smallest absolute Gasteiger partial charge is 0.337 e. The summed E-state index contributed by atoms with van der Waals surface area (Å²) >= 11 is 0. The zero-order valence-corrected chi connectivity index (χ0v) is 9.71. The Morgan fingerprint density at radius 3 is 3.00 bits per heavy atom. The van der Waals surface area contributed by atoms with Crippen LogP contribution in [-0.4, -0.2) is 23.2 Å². The lowest BCUT2D eigenvalue weighted by molar-refractivity contribution is 0.0601. The van der Waals surface area contributed by atoms with Crippen molar-refractivity contribution in [2.45, 2.75) is 6.54 Å². The van der Waals surface area contributed by atoms with Gasteiger partial charge in [-0.3, -0.25) is 0 Å². The first-order chi connectivity index (χ1) is 8.70. The third-order valence-corrected chi connectivity index (χ3v) is 2.32. The summed E-state index contributed by atoms with van der Waals surface area (Å²) in [5.74, 6) is 0.0952. The molecule has 3 N–H and O–H groups in total. The Kier molecular flexibility index (Phi) is 3.42. The number of nitrogens with zero attached hydrogens (tertiary/aromatic N) is 2. The molecule has 0 aliphatic heterocycles. The van der Waals surface area contributed by atoms with Crippen LogP contribution in [0.4, 0.5) is 11.4 Å². The SMILES string of the molecule is COC(=O)c1ccc(NCc2ncon2)c(N)c1. The molecule has 0 radical (unpaired) electrons. The number of ether oxygens (including phenoxy) is 1. The molecule has 1 aromatic carbocycles. The van der Waals surface area contributed by atoms with E-state index in [-0.39, 0.29) is 0 Å². The predicted molar refractivity (Wildman–Crippen MR) is 63.8 cm³/mol. The number of carbonyl (C=O) groups is 1. The number of rotatable bonds is 4. The molecule has 1 heterocycles. The maximum Gasteiger partial charge on any atom is 0.337 e. The van der Waals surface area contributed by atoms with E-state index in [4.69, 9.17) is 5.73 Å². The maximum absolute atomic E-state index is 11.3. The highest BCUT2D eigenvalue weighted by atomic mass is 16.5. The Hall–Kier alpha value is -2.57. The standard InChI is InChI=1S/C11H12N4O3/c1-17-11(16)7-2-3-9(8(12)4-7)13-5-10-14-6-18-15-10/h2-4,6,13H,5,12H2,1H3. The van der Waals surface area contributed by atoms with E-state index in [1.54, 1.807) is 18.2 Å². The third-order valence-electron chi connectivity index (χ3n) is 2.32. The van der Waals surface area contributed by atoms with Crippen molar-refractivity contribution in [1.82, 2.24) is 10.1 Å². The lowest BCUT2D eigenvalue weighted by Crippen LogP contribution is -2.06. The minimum absolute atomic E-state index is 0.387. The second-order valence-electron chi connectivity index (χ2n) is 3.49. The Balaban J connectivity index is 2.08. The normalized spacial score (nSPS) is 10.1. The molecular weight excluding hydrogens is 236 g/mol. The summed E-state index contributed by atoms with van der Waals surface area (Å²) in [6.45, 7) is 0.387. The highest BCUT2D eigenvalue weighted by Crippen LogP contribution is 2.20. The van der Waals surface area contributed by atoms with Crippen molar-refractivity contribution in [3.63, 3.8) is 0 Å². The number of aromatic nitrogens is 2. The summed E-state index contributed by atoms with van der Waals surface area (Å²) in [6.07, 6.45) is 1.25. The molecule has 0 fully saturated rings. The van der Waals surface area contributed by atoms with Crippen molar-refractivity contribution in [2.75, 3.05) is 18.2 Å². The monoisotopic (exact) mass is 248 g/mol. The van der Waals surface area contributed by atoms with Gasteiger partial charge >= 0.3 is 5.97 Å². The van der Waals surface area contributed by atoms with Gasteiger partial charge in [-0.1, -0.05) is 5.16 Å². The molecule has 7 nitrogen and oxygen atoms in total. The molecule has 0 spiro atoms. The van der Waals surface area contributed by atoms with Crippen LogP contribution in [0.2, 0.25) is 0 Å². The highest BCUT2D eigenvalue weighted by molar-refractivity contribution is 5.91. The second-order valence-corrected chi connectivity index (χ2v) is 3.49. The molecule has 2 aromatic rings. The summed E-state index contributed by atoms with van der Waals surface area (Å²) in [6, 6.07) is 4.87. The van der Waals surface area contributed by atoms with Crippen LogP contribution in [0.1, 0.15) is 16.2 Å². The molecule has 7 heteroatoms. The number of nitrogen functional groups attached to an aromatic ring is 1. The van der Waals surface area contributed by atoms with E-state index < -0.39 is 5.97 Å². The van der Waals surface area contributed by atoms with Crippen LogP contribution in [0, 0.1) is 0 Å². The second kappa shape index (κ2) is 5.17. The highest BCUT2D eigenvalue weighted by Gasteiger charge is 2.08. The van der Waals surface area contributed by atoms with Crippen molar-refractivity contribution >= 4 is 17.3 Å². The molecular formula is C11H12N4O3. The van der Waals surface area contributed by atoms with Gasteiger partial charge in [-0.25, -0.2) is 4.79 Å². The number of methoxy groups -OCH3 is 1. The quantitative estimate of drug-likeness (QED) is 0.615. The van der Waals surface area contributed by atoms with Gasteiger partial charge < -0.3 is 20.3 Å². The zero-order chi connectivity index (χ0) is 13.0. The van der Waals surface area contributed by atoms with Crippen molar-refractivity contribution in [3.8, 4) is 0 Å². The largest absolute Gasteiger partial charge is 0.465 e. The Bertz CT molecular complexity index is 539. The summed E-state index contributed by atoms with van der Waals surface area (Å²) in [5, 5.41) is 6.69. The number of nitrogens with one attached hydrogen (secondary N) is 1. The van der Waals surface area contributed by atoms with Gasteiger partial charge in [0.15, 0.2) is 5.82 Å². The molecule has 0 aliphatic rings. The first-order valence-electron chi connectivity index (χ1n) is 5.17. The molecule has 0 atom stereocenters. The van der Waals surface area contributed by atoms with Crippen LogP contribution >= 0.6 is 0 Å². The number of anilines is 2. The lowest BCUT2D eigenvalue weighted by Gasteiger charge is -2.08. The predicted octanol–water partition coefficient (Wildman–Crippen LogP) is 1.05. The Morgan fingerprint density at radius 1 is 1.56 bits per heavy atom. The van der Waals surface area contributed by atoms with Gasteiger partial charge in [-0.2, -0.15) is 4.98 Å². The first-order valence-corrected chi connectivity index (χ1v) is 5.17. The van der Waals surface area contributed by atoms with E-state index in [9.17, 15) is 4.79 Å². The van der Waals surface area contributed by atoms with E-state index in [0.717, 1.165) is 0 Å². The molecule has 2 rings (SSSR count). The summed E-state index contributed by atoms with van der Waals surface area (Å²) in [5.41, 5.74) is 7.35. The van der Waals surface area contributed by atoms with Crippen LogP contribution in [0.25, 0.3) is 0 Å². The number of esters is 1. The molecule has 0 amide bonds. The van der Waals surface area contributed by atoms with Gasteiger partial charge in [-0.15, -0.1) is 0 Å². The van der Waals surface area contributed by atoms with Gasteiger partial charge in [-0.05, 0) is 18.2 Å². The Labute approximate surface area is 103 Å². The van der Waals surface area contributed by atoms with Crippen molar-refractivity contribution in [2.24, 2.45) is 0 Å². The summed E-state index contributed by atoms with van der Waals surface area (Å²) in [4.78, 5) is 15.2. The van der Waals surface area contributed by atoms with E-state index in [1.165, 1.54) is 13.5 Å². The van der Waals surface area contributed by atoms with Gasteiger partial charge in [0.2, 0.25) is 6.39 Å². The number of nitrogens with two attached hydrogens (primary N) is 1. The molecule has 18 heavy (non-hydrogen) atoms. The third kappa shape index (κ3) is 2.57. The molecule has 1 aromatic heterocycles. The average molecular weight is 248 g/mol. The molecule has 0 aliphatic carbocycles. The molecule has 0 saturated heterocycles. The Morgan fingerprint density at radius 2 is 2.39 bits per heavy atom. The number of hydrogen-bond donors (Lipinski definition) is 2. The van der Waals surface area contributed by atoms with Crippen molar-refractivity contribution < 1.29 is 14.1 Å². The fourth-order valence-electron chi connectivity index (χ4n) is 1.41. The zero-order valence-electron chi connectivity index (χ0n) is 9.71. The van der Waals surface area contributed by atoms with Gasteiger partial charge in [0.25, 0.3) is 0 Å². The number of carbonyl (C=O) groups excluding carboxylic acids is 1. The van der Waals surface area contributed by atoms with Gasteiger partial charge in [0.1, 0.15) is 0 Å². The summed E-state index contributed by atoms with van der Waals surface area (Å²) < 4.78 is 9.21. The van der Waals surface area contributed by atoms with Gasteiger partial charge in [0, 0.05) is 0 Å². The number of benzene rings is 1. The van der Waals surface area contributed by atoms with Crippen LogP contribution in [-0.2, 0) is 11.3 Å². The topological polar surface area (TPSA) is 103 Å². The lowest BCUT2D eigenvalue weighted by atomic mass is 10.1. The average Bonchev–Trinajstić information content (AvgIpc) is 2.89. The fourth-order valence-corrected chi connectivity index (χ4v) is 1.41. The van der Waals surface area contributed by atoms with E-state index in [0.29, 0.717) is 29.3 Å². The van der Waals surface area contributed by atoms with E-state index >= 15 is 0 Å². The first kappa shape index (κ1) is 11.9. The fraction of sp³-hybridized carbons (Fsp3) is 0.182. The molecule has 0 unspecified atom stereocenters. The van der Waals surface area contributed by atoms with Crippen LogP contribution < -0.4 is 11.1 Å². The summed E-state index contributed by atoms with van der Waals surface area (Å²) in [7, 11) is 1.32. The van der Waals surface area contributed by atoms with E-state index in [1.807, 2.05) is 0 Å².